The average Bonchev–Trinajstić information content (AvgIpc) is 2.94. The fourth-order valence-electron chi connectivity index (χ4n) is 4.35. The van der Waals surface area contributed by atoms with Crippen LogP contribution < -0.4 is 14.2 Å². The highest BCUT2D eigenvalue weighted by Crippen LogP contribution is 2.50. The summed E-state index contributed by atoms with van der Waals surface area (Å²) in [4.78, 5) is 2.39. The number of phenolic OH excluding ortho intramolecular Hbond substituents is 1. The molecule has 6 rings (SSSR count). The van der Waals surface area contributed by atoms with E-state index in [0.717, 1.165) is 24.5 Å². The molecule has 0 fully saturated rings. The summed E-state index contributed by atoms with van der Waals surface area (Å²) in [5.74, 6) is 2.61. The third-order valence-electron chi connectivity index (χ3n) is 5.54. The summed E-state index contributed by atoms with van der Waals surface area (Å²) in [5, 5.41) is 10.3. The van der Waals surface area contributed by atoms with Crippen molar-refractivity contribution in [2.24, 2.45) is 0 Å². The first-order valence-corrected chi connectivity index (χ1v) is 8.19. The number of fused-ring (bicyclic) bond motifs is 2. The molecule has 4 aliphatic rings. The van der Waals surface area contributed by atoms with Crippen molar-refractivity contribution in [1.29, 1.82) is 0 Å². The first-order valence-electron chi connectivity index (χ1n) is 8.19. The largest absolute Gasteiger partial charge is 0.504 e. The molecule has 0 aromatic heterocycles. The number of aromatic hydroxyl groups is 1. The number of phenols is 1. The highest BCUT2D eigenvalue weighted by atomic mass is 16.7. The Bertz CT molecular complexity index is 848. The Labute approximate surface area is 140 Å². The summed E-state index contributed by atoms with van der Waals surface area (Å²) in [5.41, 5.74) is 5.00. The Morgan fingerprint density at radius 3 is 2.58 bits per heavy atom. The molecule has 0 saturated carbocycles. The van der Waals surface area contributed by atoms with Crippen molar-refractivity contribution in [3.05, 3.63) is 46.5 Å². The maximum absolute atomic E-state index is 10.3. The minimum Gasteiger partial charge on any atom is -0.504 e. The molecule has 1 aliphatic carbocycles. The van der Waals surface area contributed by atoms with Crippen LogP contribution in [0.1, 0.15) is 34.2 Å². The van der Waals surface area contributed by atoms with Crippen LogP contribution in [0.25, 0.3) is 0 Å². The Morgan fingerprint density at radius 2 is 1.83 bits per heavy atom. The van der Waals surface area contributed by atoms with Gasteiger partial charge in [-0.1, -0.05) is 0 Å². The van der Waals surface area contributed by atoms with Gasteiger partial charge in [-0.15, -0.1) is 0 Å². The lowest BCUT2D eigenvalue weighted by Crippen LogP contribution is -2.33. The number of nitrogens with zero attached hydrogens (tertiary/aromatic N) is 1. The second-order valence-electron chi connectivity index (χ2n) is 6.77. The average molecular weight is 325 g/mol. The molecular formula is C19H19NO4. The highest BCUT2D eigenvalue weighted by Gasteiger charge is 2.39. The molecule has 0 unspecified atom stereocenters. The van der Waals surface area contributed by atoms with E-state index in [1.165, 1.54) is 22.3 Å². The summed E-state index contributed by atoms with van der Waals surface area (Å²) in [7, 11) is 3.75. The zero-order valence-electron chi connectivity index (χ0n) is 13.7. The number of hydrogen-bond acceptors (Lipinski definition) is 5. The van der Waals surface area contributed by atoms with Gasteiger partial charge < -0.3 is 19.3 Å². The van der Waals surface area contributed by atoms with Gasteiger partial charge in [0.2, 0.25) is 6.79 Å². The van der Waals surface area contributed by atoms with Crippen molar-refractivity contribution < 1.29 is 19.3 Å². The van der Waals surface area contributed by atoms with Crippen LogP contribution in [-0.2, 0) is 6.42 Å². The van der Waals surface area contributed by atoms with Gasteiger partial charge in [0.25, 0.3) is 0 Å². The van der Waals surface area contributed by atoms with E-state index in [1.54, 1.807) is 7.11 Å². The molecule has 5 nitrogen and oxygen atoms in total. The molecule has 24 heavy (non-hydrogen) atoms. The van der Waals surface area contributed by atoms with E-state index in [1.807, 2.05) is 12.1 Å². The minimum absolute atomic E-state index is 0.201. The van der Waals surface area contributed by atoms with E-state index < -0.39 is 0 Å². The van der Waals surface area contributed by atoms with Crippen molar-refractivity contribution in [1.82, 2.24) is 4.90 Å². The van der Waals surface area contributed by atoms with Crippen molar-refractivity contribution in [2.75, 3.05) is 27.5 Å². The lowest BCUT2D eigenvalue weighted by molar-refractivity contribution is 0.174. The zero-order valence-corrected chi connectivity index (χ0v) is 13.7. The zero-order chi connectivity index (χ0) is 16.4. The van der Waals surface area contributed by atoms with Crippen LogP contribution >= 0.6 is 0 Å². The van der Waals surface area contributed by atoms with Crippen molar-refractivity contribution >= 4 is 0 Å². The fraction of sp³-hybridized carbons (Fsp3) is 0.368. The molecule has 2 aromatic carbocycles. The number of likely N-dealkylation sites (N-methyl/N-ethyl adjacent to an activating group) is 1. The van der Waals surface area contributed by atoms with Crippen molar-refractivity contribution in [3.8, 4) is 23.0 Å². The maximum atomic E-state index is 10.3. The SMILES string of the molecule is COc1cc2c(cc1O)[C@H]1CN(C)[C@@H](C2)c2cc3c(cc21)OCO3. The number of rotatable bonds is 1. The van der Waals surface area contributed by atoms with Crippen LogP contribution in [0.15, 0.2) is 24.3 Å². The van der Waals surface area contributed by atoms with Crippen molar-refractivity contribution in [2.45, 2.75) is 18.4 Å². The molecule has 0 spiro atoms. The molecule has 2 bridgehead atoms. The van der Waals surface area contributed by atoms with E-state index in [2.05, 4.69) is 24.1 Å². The Kier molecular flexibility index (Phi) is 2.80. The molecule has 2 atom stereocenters. The van der Waals surface area contributed by atoms with Crippen LogP contribution in [0, 0.1) is 0 Å². The van der Waals surface area contributed by atoms with E-state index in [4.69, 9.17) is 14.2 Å². The van der Waals surface area contributed by atoms with Gasteiger partial charge in [-0.25, -0.2) is 0 Å². The summed E-state index contributed by atoms with van der Waals surface area (Å²) < 4.78 is 16.5. The van der Waals surface area contributed by atoms with E-state index >= 15 is 0 Å². The van der Waals surface area contributed by atoms with E-state index in [9.17, 15) is 5.11 Å². The third-order valence-corrected chi connectivity index (χ3v) is 5.54. The van der Waals surface area contributed by atoms with E-state index in [0.29, 0.717) is 11.8 Å². The van der Waals surface area contributed by atoms with Gasteiger partial charge in [0.05, 0.1) is 7.11 Å². The monoisotopic (exact) mass is 325 g/mol. The molecule has 0 saturated heterocycles. The van der Waals surface area contributed by atoms with Crippen LogP contribution in [-0.4, -0.2) is 37.5 Å². The molecule has 0 amide bonds. The second kappa shape index (κ2) is 4.80. The third kappa shape index (κ3) is 1.79. The quantitative estimate of drug-likeness (QED) is 0.874. The molecule has 1 N–H and O–H groups in total. The summed E-state index contributed by atoms with van der Waals surface area (Å²) in [6.07, 6.45) is 0.894. The van der Waals surface area contributed by atoms with E-state index in [-0.39, 0.29) is 18.5 Å². The molecular weight excluding hydrogens is 306 g/mol. The molecule has 3 aliphatic heterocycles. The van der Waals surface area contributed by atoms with Crippen LogP contribution in [0.4, 0.5) is 0 Å². The minimum atomic E-state index is 0.201. The van der Waals surface area contributed by atoms with Gasteiger partial charge in [-0.3, -0.25) is 4.90 Å². The fourth-order valence-corrected chi connectivity index (χ4v) is 4.35. The van der Waals surface area contributed by atoms with Gasteiger partial charge in [-0.05, 0) is 60.0 Å². The molecule has 5 heteroatoms. The van der Waals surface area contributed by atoms with Gasteiger partial charge in [0.15, 0.2) is 23.0 Å². The number of ether oxygens (including phenoxy) is 3. The van der Waals surface area contributed by atoms with Gasteiger partial charge in [0, 0.05) is 18.5 Å². The number of methoxy groups -OCH3 is 1. The summed E-state index contributed by atoms with van der Waals surface area (Å²) in [6.45, 7) is 1.22. The lowest BCUT2D eigenvalue weighted by Gasteiger charge is -2.36. The Balaban J connectivity index is 1.74. The lowest BCUT2D eigenvalue weighted by atomic mass is 9.84. The molecule has 0 radical (unpaired) electrons. The molecule has 3 heterocycles. The summed E-state index contributed by atoms with van der Waals surface area (Å²) >= 11 is 0. The standard InChI is InChI=1S/C19H19NO4/c1-20-8-14-11-5-16(21)17(22-2)4-10(11)3-15(20)13-7-19-18(6-12(13)14)23-9-24-19/h4-7,14-15,21H,3,8-9H2,1-2H3/t14-,15+/m1/s1. The van der Waals surface area contributed by atoms with Gasteiger partial charge in [-0.2, -0.15) is 0 Å². The number of hydrogen-bond donors (Lipinski definition) is 1. The summed E-state index contributed by atoms with van der Waals surface area (Å²) in [6, 6.07) is 8.40. The Morgan fingerprint density at radius 1 is 1.08 bits per heavy atom. The smallest absolute Gasteiger partial charge is 0.231 e. The number of benzene rings is 2. The first-order chi connectivity index (χ1) is 11.7. The van der Waals surface area contributed by atoms with Gasteiger partial charge >= 0.3 is 0 Å². The van der Waals surface area contributed by atoms with Gasteiger partial charge in [0.1, 0.15) is 0 Å². The normalized spacial score (nSPS) is 23.6. The Hall–Kier alpha value is -2.40. The first kappa shape index (κ1) is 14.0. The predicted octanol–water partition coefficient (Wildman–Crippen LogP) is 2.80. The van der Waals surface area contributed by atoms with Crippen LogP contribution in [0.5, 0.6) is 23.0 Å². The van der Waals surface area contributed by atoms with Crippen LogP contribution in [0.3, 0.4) is 0 Å². The molecule has 2 aromatic rings. The maximum Gasteiger partial charge on any atom is 0.231 e. The topological polar surface area (TPSA) is 51.2 Å². The highest BCUT2D eigenvalue weighted by molar-refractivity contribution is 5.59. The van der Waals surface area contributed by atoms with Crippen molar-refractivity contribution in [3.63, 3.8) is 0 Å². The predicted molar refractivity (Wildman–Crippen MR) is 88.1 cm³/mol. The second-order valence-corrected chi connectivity index (χ2v) is 6.77. The van der Waals surface area contributed by atoms with Crippen LogP contribution in [0.2, 0.25) is 0 Å². The molecule has 124 valence electrons.